The first kappa shape index (κ1) is 12.6. The van der Waals surface area contributed by atoms with Crippen LogP contribution in [0.4, 0.5) is 18.3 Å². The number of halogens is 3. The number of hydrogen-bond donors (Lipinski definition) is 1. The fourth-order valence-corrected chi connectivity index (χ4v) is 2.74. The van der Waals surface area contributed by atoms with Crippen molar-refractivity contribution in [3.05, 3.63) is 5.82 Å². The van der Waals surface area contributed by atoms with Crippen LogP contribution in [0.25, 0.3) is 0 Å². The van der Waals surface area contributed by atoms with Crippen molar-refractivity contribution in [3.63, 3.8) is 0 Å². The maximum Gasteiger partial charge on any atom is 0.452 e. The van der Waals surface area contributed by atoms with Crippen molar-refractivity contribution in [2.24, 2.45) is 5.92 Å². The Labute approximate surface area is 100 Å². The van der Waals surface area contributed by atoms with Crippen LogP contribution in [0.1, 0.15) is 19.2 Å². The quantitative estimate of drug-likeness (QED) is 0.887. The van der Waals surface area contributed by atoms with Crippen LogP contribution in [-0.4, -0.2) is 33.7 Å². The van der Waals surface area contributed by atoms with Crippen molar-refractivity contribution in [2.75, 3.05) is 18.1 Å². The van der Waals surface area contributed by atoms with Crippen LogP contribution in [0, 0.1) is 5.92 Å². The Morgan fingerprint density at radius 1 is 1.53 bits per heavy atom. The third-order valence-corrected chi connectivity index (χ3v) is 3.74. The zero-order chi connectivity index (χ0) is 12.6. The highest BCUT2D eigenvalue weighted by molar-refractivity contribution is 7.09. The highest BCUT2D eigenvalue weighted by Gasteiger charge is 2.38. The fourth-order valence-electron chi connectivity index (χ4n) is 1.97. The van der Waals surface area contributed by atoms with Crippen LogP contribution in [-0.2, 0) is 6.18 Å². The first-order valence-electron chi connectivity index (χ1n) is 5.22. The van der Waals surface area contributed by atoms with E-state index < -0.39 is 12.0 Å². The number of aliphatic hydroxyl groups is 1. The highest BCUT2D eigenvalue weighted by Crippen LogP contribution is 2.34. The Balaban J connectivity index is 2.21. The van der Waals surface area contributed by atoms with Gasteiger partial charge in [-0.05, 0) is 12.3 Å². The SMILES string of the molecule is CC1CCN(c2nc(C(F)(F)F)ns2)C1CO. The van der Waals surface area contributed by atoms with Crippen LogP contribution in [0.5, 0.6) is 0 Å². The number of hydrogen-bond acceptors (Lipinski definition) is 5. The summed E-state index contributed by atoms with van der Waals surface area (Å²) in [5, 5.41) is 9.46. The molecule has 0 amide bonds. The lowest BCUT2D eigenvalue weighted by Crippen LogP contribution is -2.35. The van der Waals surface area contributed by atoms with E-state index in [0.717, 1.165) is 18.0 Å². The van der Waals surface area contributed by atoms with E-state index in [4.69, 9.17) is 0 Å². The topological polar surface area (TPSA) is 49.2 Å². The van der Waals surface area contributed by atoms with Gasteiger partial charge in [-0.15, -0.1) is 0 Å². The summed E-state index contributed by atoms with van der Waals surface area (Å²) in [5.41, 5.74) is 0. The van der Waals surface area contributed by atoms with E-state index >= 15 is 0 Å². The monoisotopic (exact) mass is 267 g/mol. The lowest BCUT2D eigenvalue weighted by atomic mass is 10.0. The minimum atomic E-state index is -4.51. The highest BCUT2D eigenvalue weighted by atomic mass is 32.1. The third-order valence-electron chi connectivity index (χ3n) is 2.98. The lowest BCUT2D eigenvalue weighted by Gasteiger charge is -2.23. The average Bonchev–Trinajstić information content (AvgIpc) is 2.82. The molecule has 1 N–H and O–H groups in total. The molecule has 8 heteroatoms. The molecule has 0 spiro atoms. The molecule has 1 aromatic heterocycles. The maximum absolute atomic E-state index is 12.4. The largest absolute Gasteiger partial charge is 0.452 e. The Kier molecular flexibility index (Phi) is 3.26. The number of alkyl halides is 3. The van der Waals surface area contributed by atoms with Gasteiger partial charge in [0.15, 0.2) is 0 Å². The summed E-state index contributed by atoms with van der Waals surface area (Å²) in [6, 6.07) is -0.163. The van der Waals surface area contributed by atoms with Gasteiger partial charge in [-0.1, -0.05) is 6.92 Å². The van der Waals surface area contributed by atoms with Crippen LogP contribution >= 0.6 is 11.5 Å². The van der Waals surface area contributed by atoms with E-state index in [9.17, 15) is 18.3 Å². The van der Waals surface area contributed by atoms with Crippen LogP contribution in [0.3, 0.4) is 0 Å². The molecule has 96 valence electrons. The molecule has 1 aromatic rings. The molecule has 1 fully saturated rings. The molecule has 2 atom stereocenters. The summed E-state index contributed by atoms with van der Waals surface area (Å²) in [7, 11) is 0. The molecule has 0 aromatic carbocycles. The van der Waals surface area contributed by atoms with Crippen molar-refractivity contribution in [1.82, 2.24) is 9.36 Å². The predicted octanol–water partition coefficient (Wildman–Crippen LogP) is 1.76. The summed E-state index contributed by atoms with van der Waals surface area (Å²) in [6.45, 7) is 2.49. The van der Waals surface area contributed by atoms with Crippen molar-refractivity contribution < 1.29 is 18.3 Å². The van der Waals surface area contributed by atoms with E-state index in [0.29, 0.717) is 6.54 Å². The second-order valence-electron chi connectivity index (χ2n) is 4.11. The van der Waals surface area contributed by atoms with Crippen LogP contribution < -0.4 is 4.90 Å². The van der Waals surface area contributed by atoms with Gasteiger partial charge in [0.2, 0.25) is 11.0 Å². The molecule has 2 heterocycles. The smallest absolute Gasteiger partial charge is 0.394 e. The molecule has 1 saturated heterocycles. The Hall–Kier alpha value is -0.890. The Bertz CT molecular complexity index is 395. The van der Waals surface area contributed by atoms with Crippen molar-refractivity contribution in [1.29, 1.82) is 0 Å². The number of rotatable bonds is 2. The first-order chi connectivity index (χ1) is 7.93. The van der Waals surface area contributed by atoms with Crippen molar-refractivity contribution in [2.45, 2.75) is 25.6 Å². The molecule has 17 heavy (non-hydrogen) atoms. The van der Waals surface area contributed by atoms with Gasteiger partial charge < -0.3 is 10.0 Å². The van der Waals surface area contributed by atoms with Gasteiger partial charge in [0, 0.05) is 18.1 Å². The molecule has 0 saturated carbocycles. The maximum atomic E-state index is 12.4. The zero-order valence-electron chi connectivity index (χ0n) is 9.11. The van der Waals surface area contributed by atoms with Crippen molar-refractivity contribution in [3.8, 4) is 0 Å². The van der Waals surface area contributed by atoms with E-state index in [1.54, 1.807) is 4.90 Å². The minimum Gasteiger partial charge on any atom is -0.394 e. The molecule has 4 nitrogen and oxygen atoms in total. The summed E-state index contributed by atoms with van der Waals surface area (Å²) >= 11 is 0.729. The second-order valence-corrected chi connectivity index (χ2v) is 4.84. The van der Waals surface area contributed by atoms with Gasteiger partial charge in [-0.3, -0.25) is 0 Å². The summed E-state index contributed by atoms with van der Waals surface area (Å²) in [4.78, 5) is 5.20. The van der Waals surface area contributed by atoms with Gasteiger partial charge in [0.25, 0.3) is 0 Å². The summed E-state index contributed by atoms with van der Waals surface area (Å²) in [5.74, 6) is -0.855. The number of aromatic nitrogens is 2. The zero-order valence-corrected chi connectivity index (χ0v) is 9.92. The molecule has 0 aliphatic carbocycles. The second kappa shape index (κ2) is 4.41. The van der Waals surface area contributed by atoms with Gasteiger partial charge in [0.05, 0.1) is 12.6 Å². The predicted molar refractivity (Wildman–Crippen MR) is 56.9 cm³/mol. The average molecular weight is 267 g/mol. The van der Waals surface area contributed by atoms with Gasteiger partial charge in [-0.2, -0.15) is 22.5 Å². The standard InChI is InChI=1S/C9H12F3N3OS/c1-5-2-3-15(6(5)4-16)8-13-7(14-17-8)9(10,11)12/h5-6,16H,2-4H2,1H3. The van der Waals surface area contributed by atoms with E-state index in [1.807, 2.05) is 6.92 Å². The Morgan fingerprint density at radius 3 is 2.76 bits per heavy atom. The summed E-state index contributed by atoms with van der Waals surface area (Å²) in [6.07, 6.45) is -3.67. The van der Waals surface area contributed by atoms with Gasteiger partial charge in [0.1, 0.15) is 0 Å². The van der Waals surface area contributed by atoms with Gasteiger partial charge in [-0.25, -0.2) is 0 Å². The van der Waals surface area contributed by atoms with E-state index in [2.05, 4.69) is 9.36 Å². The molecular formula is C9H12F3N3OS. The first-order valence-corrected chi connectivity index (χ1v) is 5.99. The van der Waals surface area contributed by atoms with Gasteiger partial charge >= 0.3 is 6.18 Å². The van der Waals surface area contributed by atoms with Crippen molar-refractivity contribution >= 4 is 16.7 Å². The van der Waals surface area contributed by atoms with Crippen LogP contribution in [0.2, 0.25) is 0 Å². The number of anilines is 1. The molecule has 2 rings (SSSR count). The van der Waals surface area contributed by atoms with E-state index in [1.165, 1.54) is 0 Å². The fraction of sp³-hybridized carbons (Fsp3) is 0.778. The van der Waals surface area contributed by atoms with E-state index in [-0.39, 0.29) is 23.7 Å². The molecule has 2 unspecified atom stereocenters. The normalized spacial score (nSPS) is 25.6. The molecular weight excluding hydrogens is 255 g/mol. The molecule has 1 aliphatic heterocycles. The molecule has 0 bridgehead atoms. The Morgan fingerprint density at radius 2 is 2.24 bits per heavy atom. The number of aliphatic hydroxyl groups excluding tert-OH is 1. The lowest BCUT2D eigenvalue weighted by molar-refractivity contribution is -0.144. The third kappa shape index (κ3) is 2.37. The minimum absolute atomic E-state index is 0.0813. The number of nitrogens with zero attached hydrogens (tertiary/aromatic N) is 3. The molecule has 0 radical (unpaired) electrons. The summed E-state index contributed by atoms with van der Waals surface area (Å²) < 4.78 is 40.4. The van der Waals surface area contributed by atoms with Crippen LogP contribution in [0.15, 0.2) is 0 Å². The molecule has 1 aliphatic rings.